The number of carboxylic acids is 1. The van der Waals surface area contributed by atoms with Gasteiger partial charge in [0.15, 0.2) is 0 Å². The lowest BCUT2D eigenvalue weighted by molar-refractivity contribution is -0.192. The Morgan fingerprint density at radius 2 is 2.03 bits per heavy atom. The van der Waals surface area contributed by atoms with Crippen molar-refractivity contribution in [3.05, 3.63) is 40.3 Å². The number of nitrogens with one attached hydrogen (secondary N) is 1. The molecule has 1 unspecified atom stereocenters. The van der Waals surface area contributed by atoms with Crippen molar-refractivity contribution in [2.24, 2.45) is 5.92 Å². The number of thiophene rings is 1. The predicted octanol–water partition coefficient (Wildman–Crippen LogP) is 3.44. The predicted molar refractivity (Wildman–Crippen MR) is 108 cm³/mol. The van der Waals surface area contributed by atoms with Crippen molar-refractivity contribution in [2.75, 3.05) is 13.1 Å². The minimum Gasteiger partial charge on any atom is -0.475 e. The van der Waals surface area contributed by atoms with Crippen LogP contribution in [0.3, 0.4) is 0 Å². The largest absolute Gasteiger partial charge is 0.490 e. The molecule has 4 rings (SSSR count). The van der Waals surface area contributed by atoms with Crippen LogP contribution in [0.15, 0.2) is 29.8 Å². The van der Waals surface area contributed by atoms with E-state index in [1.807, 2.05) is 17.5 Å². The van der Waals surface area contributed by atoms with Crippen LogP contribution in [0.2, 0.25) is 0 Å². The molecule has 1 aliphatic carbocycles. The van der Waals surface area contributed by atoms with E-state index in [2.05, 4.69) is 43.6 Å². The summed E-state index contributed by atoms with van der Waals surface area (Å²) in [5.74, 6) is -1.89. The average Bonchev–Trinajstić information content (AvgIpc) is 3.15. The summed E-state index contributed by atoms with van der Waals surface area (Å²) in [5.41, 5.74) is 1.27. The van der Waals surface area contributed by atoms with E-state index in [0.717, 1.165) is 32.6 Å². The summed E-state index contributed by atoms with van der Waals surface area (Å²) in [6, 6.07) is 6.76. The third-order valence-corrected chi connectivity index (χ3v) is 5.99. The summed E-state index contributed by atoms with van der Waals surface area (Å²) in [7, 11) is 0. The molecule has 0 aromatic carbocycles. The summed E-state index contributed by atoms with van der Waals surface area (Å²) in [5, 5.41) is 16.9. The van der Waals surface area contributed by atoms with E-state index in [1.165, 1.54) is 23.4 Å². The molecule has 2 N–H and O–H groups in total. The zero-order valence-corrected chi connectivity index (χ0v) is 17.7. The van der Waals surface area contributed by atoms with Crippen LogP contribution in [0.25, 0.3) is 0 Å². The minimum atomic E-state index is -5.08. The smallest absolute Gasteiger partial charge is 0.475 e. The number of hydrogen-bond donors (Lipinski definition) is 2. The number of carbonyl (C=O) groups excluding carboxylic acids is 1. The van der Waals surface area contributed by atoms with Crippen LogP contribution in [0.5, 0.6) is 0 Å². The number of aliphatic carboxylic acids is 1. The Bertz CT molecular complexity index is 865. The van der Waals surface area contributed by atoms with Gasteiger partial charge in [-0.05, 0) is 42.7 Å². The summed E-state index contributed by atoms with van der Waals surface area (Å²) >= 11 is 1.81. The fraction of sp³-hybridized carbons (Fsp3) is 0.550. The molecule has 1 fully saturated rings. The van der Waals surface area contributed by atoms with Crippen molar-refractivity contribution >= 4 is 23.2 Å². The van der Waals surface area contributed by atoms with Crippen LogP contribution in [0.1, 0.15) is 42.3 Å². The highest BCUT2D eigenvalue weighted by atomic mass is 32.1. The van der Waals surface area contributed by atoms with E-state index in [9.17, 15) is 18.0 Å². The zero-order valence-electron chi connectivity index (χ0n) is 16.8. The molecule has 3 heterocycles. The van der Waals surface area contributed by atoms with Gasteiger partial charge in [-0.15, -0.1) is 11.3 Å². The maximum absolute atomic E-state index is 11.9. The summed E-state index contributed by atoms with van der Waals surface area (Å²) in [6.45, 7) is 3.67. The van der Waals surface area contributed by atoms with Gasteiger partial charge in [0.05, 0.1) is 11.7 Å². The van der Waals surface area contributed by atoms with Gasteiger partial charge >= 0.3 is 12.1 Å². The first kappa shape index (κ1) is 23.3. The van der Waals surface area contributed by atoms with Crippen LogP contribution in [0, 0.1) is 5.92 Å². The standard InChI is InChI=1S/C18H24N4OS.C2HF3O2/c23-18(10-14-3-4-14)19-7-5-15-11-21(13-17-2-1-9-24-17)12-16-6-8-20-22(15)16;3-2(4,5)1(6)7/h1-2,6,8-9,14-15H,3-5,7,10-13H2,(H,19,23);(H,6,7). The number of amides is 1. The van der Waals surface area contributed by atoms with Crippen molar-refractivity contribution in [1.82, 2.24) is 20.0 Å². The molecule has 1 atom stereocenters. The quantitative estimate of drug-likeness (QED) is 0.664. The molecule has 1 aliphatic heterocycles. The first-order valence-corrected chi connectivity index (χ1v) is 10.9. The fourth-order valence-electron chi connectivity index (χ4n) is 3.46. The molecule has 1 amide bonds. The molecule has 7 nitrogen and oxygen atoms in total. The molecule has 0 bridgehead atoms. The van der Waals surface area contributed by atoms with Gasteiger partial charge in [0.1, 0.15) is 0 Å². The van der Waals surface area contributed by atoms with Crippen LogP contribution >= 0.6 is 11.3 Å². The maximum atomic E-state index is 11.9. The Hall–Kier alpha value is -2.40. The Morgan fingerprint density at radius 3 is 2.65 bits per heavy atom. The van der Waals surface area contributed by atoms with E-state index >= 15 is 0 Å². The second-order valence-electron chi connectivity index (χ2n) is 7.76. The SMILES string of the molecule is O=C(CC1CC1)NCCC1CN(Cc2cccs2)Cc2ccnn21.O=C(O)C(F)(F)F. The van der Waals surface area contributed by atoms with Gasteiger partial charge in [-0.2, -0.15) is 18.3 Å². The van der Waals surface area contributed by atoms with E-state index in [-0.39, 0.29) is 5.91 Å². The third kappa shape index (κ3) is 7.35. The average molecular weight is 459 g/mol. The van der Waals surface area contributed by atoms with Crippen LogP contribution in [-0.4, -0.2) is 50.9 Å². The molecule has 1 saturated carbocycles. The van der Waals surface area contributed by atoms with E-state index in [0.29, 0.717) is 18.4 Å². The highest BCUT2D eigenvalue weighted by Gasteiger charge is 2.38. The van der Waals surface area contributed by atoms with Crippen LogP contribution < -0.4 is 5.32 Å². The van der Waals surface area contributed by atoms with Gasteiger partial charge in [0.25, 0.3) is 0 Å². The molecule has 0 saturated heterocycles. The number of aromatic nitrogens is 2. The number of nitrogens with zero attached hydrogens (tertiary/aromatic N) is 3. The van der Waals surface area contributed by atoms with Gasteiger partial charge in [-0.25, -0.2) is 4.79 Å². The Balaban J connectivity index is 0.000000339. The number of carboxylic acid groups (broad SMARTS) is 1. The van der Waals surface area contributed by atoms with Gasteiger partial charge in [-0.3, -0.25) is 14.4 Å². The van der Waals surface area contributed by atoms with Gasteiger partial charge in [-0.1, -0.05) is 6.07 Å². The highest BCUT2D eigenvalue weighted by molar-refractivity contribution is 7.09. The van der Waals surface area contributed by atoms with Gasteiger partial charge in [0.2, 0.25) is 5.91 Å². The lowest BCUT2D eigenvalue weighted by atomic mass is 10.1. The second kappa shape index (κ2) is 10.3. The lowest BCUT2D eigenvalue weighted by Gasteiger charge is -2.33. The molecular formula is C20H25F3N4O3S. The molecule has 31 heavy (non-hydrogen) atoms. The number of halogens is 3. The van der Waals surface area contributed by atoms with E-state index in [4.69, 9.17) is 9.90 Å². The molecule has 0 spiro atoms. The maximum Gasteiger partial charge on any atom is 0.490 e. The Morgan fingerprint density at radius 1 is 1.29 bits per heavy atom. The Kier molecular flexibility index (Phi) is 7.71. The van der Waals surface area contributed by atoms with Gasteiger partial charge < -0.3 is 10.4 Å². The number of fused-ring (bicyclic) bond motifs is 1. The Labute approximate surface area is 181 Å². The van der Waals surface area contributed by atoms with Crippen molar-refractivity contribution < 1.29 is 27.9 Å². The van der Waals surface area contributed by atoms with Crippen molar-refractivity contribution in [3.63, 3.8) is 0 Å². The first-order valence-electron chi connectivity index (χ1n) is 10.1. The number of carbonyl (C=O) groups is 2. The van der Waals surface area contributed by atoms with E-state index in [1.54, 1.807) is 0 Å². The first-order chi connectivity index (χ1) is 14.7. The number of alkyl halides is 3. The summed E-state index contributed by atoms with van der Waals surface area (Å²) in [6.07, 6.45) is 0.908. The van der Waals surface area contributed by atoms with Crippen LogP contribution in [-0.2, 0) is 22.7 Å². The molecular weight excluding hydrogens is 433 g/mol. The number of hydrogen-bond acceptors (Lipinski definition) is 5. The summed E-state index contributed by atoms with van der Waals surface area (Å²) < 4.78 is 33.9. The zero-order chi connectivity index (χ0) is 22.4. The van der Waals surface area contributed by atoms with E-state index < -0.39 is 12.1 Å². The molecule has 170 valence electrons. The van der Waals surface area contributed by atoms with Crippen LogP contribution in [0.4, 0.5) is 13.2 Å². The molecule has 2 aromatic heterocycles. The normalized spacial score (nSPS) is 18.6. The van der Waals surface area contributed by atoms with Crippen molar-refractivity contribution in [3.8, 4) is 0 Å². The monoisotopic (exact) mass is 458 g/mol. The summed E-state index contributed by atoms with van der Waals surface area (Å²) in [4.78, 5) is 24.6. The molecule has 11 heteroatoms. The second-order valence-corrected chi connectivity index (χ2v) is 8.79. The van der Waals surface area contributed by atoms with Gasteiger partial charge in [0, 0.05) is 43.7 Å². The minimum absolute atomic E-state index is 0.212. The molecule has 2 aliphatic rings. The van der Waals surface area contributed by atoms with Crippen molar-refractivity contribution in [2.45, 2.75) is 51.0 Å². The van der Waals surface area contributed by atoms with Crippen molar-refractivity contribution in [1.29, 1.82) is 0 Å². The topological polar surface area (TPSA) is 87.5 Å². The fourth-order valence-corrected chi connectivity index (χ4v) is 4.20. The number of rotatable bonds is 7. The lowest BCUT2D eigenvalue weighted by Crippen LogP contribution is -2.38. The molecule has 0 radical (unpaired) electrons. The third-order valence-electron chi connectivity index (χ3n) is 5.13. The highest BCUT2D eigenvalue weighted by Crippen LogP contribution is 2.32. The molecule has 2 aromatic rings.